The van der Waals surface area contributed by atoms with Gasteiger partial charge in [-0.2, -0.15) is 0 Å². The molecule has 0 saturated carbocycles. The third-order valence-electron chi connectivity index (χ3n) is 2.57. The number of imidazole rings is 1. The predicted octanol–water partition coefficient (Wildman–Crippen LogP) is 2.73. The van der Waals surface area contributed by atoms with Crippen LogP contribution in [0.1, 0.15) is 18.3 Å². The van der Waals surface area contributed by atoms with E-state index in [0.29, 0.717) is 10.7 Å². The molecule has 0 aliphatic heterocycles. The van der Waals surface area contributed by atoms with Crippen LogP contribution in [0.15, 0.2) is 30.6 Å². The van der Waals surface area contributed by atoms with Gasteiger partial charge in [-0.25, -0.2) is 4.98 Å². The van der Waals surface area contributed by atoms with Crippen LogP contribution >= 0.6 is 11.6 Å². The Morgan fingerprint density at radius 1 is 1.44 bits per heavy atom. The normalized spacial score (nSPS) is 10.6. The zero-order valence-electron chi connectivity index (χ0n) is 9.15. The summed E-state index contributed by atoms with van der Waals surface area (Å²) in [4.78, 5) is 4.32. The van der Waals surface area contributed by atoms with E-state index in [9.17, 15) is 0 Å². The van der Waals surface area contributed by atoms with E-state index in [1.807, 2.05) is 30.6 Å². The minimum atomic E-state index is 0.600. The number of nitrogen functional groups attached to an aromatic ring is 1. The molecule has 0 fully saturated rings. The molecule has 3 nitrogen and oxygen atoms in total. The van der Waals surface area contributed by atoms with Crippen molar-refractivity contribution in [3.63, 3.8) is 0 Å². The molecule has 16 heavy (non-hydrogen) atoms. The van der Waals surface area contributed by atoms with Crippen LogP contribution in [0.3, 0.4) is 0 Å². The lowest BCUT2D eigenvalue weighted by Crippen LogP contribution is -2.02. The third-order valence-corrected chi connectivity index (χ3v) is 2.91. The second kappa shape index (κ2) is 4.58. The molecule has 0 unspecified atom stereocenters. The number of hydrogen-bond donors (Lipinski definition) is 1. The molecule has 0 spiro atoms. The van der Waals surface area contributed by atoms with Gasteiger partial charge in [0, 0.05) is 25.4 Å². The fraction of sp³-hybridized carbons (Fsp3) is 0.250. The van der Waals surface area contributed by atoms with Gasteiger partial charge in [-0.05, 0) is 24.6 Å². The van der Waals surface area contributed by atoms with Gasteiger partial charge in [0.15, 0.2) is 0 Å². The van der Waals surface area contributed by atoms with Crippen LogP contribution in [0, 0.1) is 0 Å². The molecular weight excluding hydrogens is 222 g/mol. The Balaban J connectivity index is 2.24. The van der Waals surface area contributed by atoms with E-state index in [2.05, 4.69) is 16.5 Å². The smallest absolute Gasteiger partial charge is 0.113 e. The Labute approximate surface area is 99.9 Å². The van der Waals surface area contributed by atoms with Gasteiger partial charge in [-0.1, -0.05) is 17.7 Å². The molecule has 0 atom stereocenters. The molecule has 2 N–H and O–H groups in total. The maximum absolute atomic E-state index is 5.88. The van der Waals surface area contributed by atoms with Crippen LogP contribution in [-0.4, -0.2) is 9.55 Å². The lowest BCUT2D eigenvalue weighted by atomic mass is 10.1. The molecule has 84 valence electrons. The summed E-state index contributed by atoms with van der Waals surface area (Å²) in [5.74, 6) is 1.05. The standard InChI is InChI=1S/C12H14ClN3/c1-2-16-6-5-15-12(16)8-9-3-4-10(13)11(14)7-9/h3-7H,2,8,14H2,1H3. The minimum Gasteiger partial charge on any atom is -0.398 e. The van der Waals surface area contributed by atoms with Crippen molar-refractivity contribution in [1.29, 1.82) is 0 Å². The molecule has 0 amide bonds. The van der Waals surface area contributed by atoms with E-state index in [0.717, 1.165) is 24.4 Å². The van der Waals surface area contributed by atoms with Crippen LogP contribution < -0.4 is 5.73 Å². The lowest BCUT2D eigenvalue weighted by molar-refractivity contribution is 0.712. The largest absolute Gasteiger partial charge is 0.398 e. The maximum atomic E-state index is 5.88. The van der Waals surface area contributed by atoms with E-state index in [1.54, 1.807) is 0 Å². The van der Waals surface area contributed by atoms with Crippen LogP contribution in [-0.2, 0) is 13.0 Å². The van der Waals surface area contributed by atoms with Crippen molar-refractivity contribution in [3.8, 4) is 0 Å². The zero-order chi connectivity index (χ0) is 11.5. The Bertz CT molecular complexity index is 491. The van der Waals surface area contributed by atoms with Crippen molar-refractivity contribution in [2.45, 2.75) is 19.9 Å². The highest BCUT2D eigenvalue weighted by atomic mass is 35.5. The molecule has 0 aliphatic carbocycles. The Kier molecular flexibility index (Phi) is 3.15. The Hall–Kier alpha value is -1.48. The molecule has 0 saturated heterocycles. The molecule has 0 aliphatic rings. The number of anilines is 1. The van der Waals surface area contributed by atoms with Crippen molar-refractivity contribution >= 4 is 17.3 Å². The summed E-state index contributed by atoms with van der Waals surface area (Å²) in [6.07, 6.45) is 4.58. The van der Waals surface area contributed by atoms with E-state index < -0.39 is 0 Å². The SMILES string of the molecule is CCn1ccnc1Cc1ccc(Cl)c(N)c1. The fourth-order valence-corrected chi connectivity index (χ4v) is 1.80. The van der Waals surface area contributed by atoms with Gasteiger partial charge < -0.3 is 10.3 Å². The summed E-state index contributed by atoms with van der Waals surface area (Å²) in [5.41, 5.74) is 7.51. The highest BCUT2D eigenvalue weighted by Gasteiger charge is 2.04. The van der Waals surface area contributed by atoms with Crippen molar-refractivity contribution in [3.05, 3.63) is 47.0 Å². The van der Waals surface area contributed by atoms with Crippen molar-refractivity contribution in [2.75, 3.05) is 5.73 Å². The molecule has 1 heterocycles. The second-order valence-corrected chi connectivity index (χ2v) is 4.07. The van der Waals surface area contributed by atoms with Crippen LogP contribution in [0.25, 0.3) is 0 Å². The van der Waals surface area contributed by atoms with Gasteiger partial charge >= 0.3 is 0 Å². The van der Waals surface area contributed by atoms with Gasteiger partial charge in [-0.3, -0.25) is 0 Å². The number of halogens is 1. The first-order valence-corrected chi connectivity index (χ1v) is 5.62. The van der Waals surface area contributed by atoms with E-state index in [-0.39, 0.29) is 0 Å². The minimum absolute atomic E-state index is 0.600. The number of hydrogen-bond acceptors (Lipinski definition) is 2. The number of aryl methyl sites for hydroxylation is 1. The molecule has 2 aromatic rings. The Morgan fingerprint density at radius 2 is 2.25 bits per heavy atom. The molecule has 4 heteroatoms. The summed E-state index contributed by atoms with van der Waals surface area (Å²) in [6.45, 7) is 3.03. The predicted molar refractivity (Wildman–Crippen MR) is 66.6 cm³/mol. The Morgan fingerprint density at radius 3 is 2.94 bits per heavy atom. The van der Waals surface area contributed by atoms with Crippen molar-refractivity contribution in [1.82, 2.24) is 9.55 Å². The summed E-state index contributed by atoms with van der Waals surface area (Å²) in [5, 5.41) is 0.600. The molecule has 1 aromatic heterocycles. The van der Waals surface area contributed by atoms with E-state index in [1.165, 1.54) is 0 Å². The topological polar surface area (TPSA) is 43.8 Å². The fourth-order valence-electron chi connectivity index (χ4n) is 1.68. The van der Waals surface area contributed by atoms with Gasteiger partial charge in [-0.15, -0.1) is 0 Å². The van der Waals surface area contributed by atoms with Crippen LogP contribution in [0.4, 0.5) is 5.69 Å². The van der Waals surface area contributed by atoms with Gasteiger partial charge in [0.1, 0.15) is 5.82 Å². The van der Waals surface area contributed by atoms with Gasteiger partial charge in [0.2, 0.25) is 0 Å². The van der Waals surface area contributed by atoms with Gasteiger partial charge in [0.05, 0.1) is 10.7 Å². The van der Waals surface area contributed by atoms with Gasteiger partial charge in [0.25, 0.3) is 0 Å². The number of benzene rings is 1. The molecule has 0 radical (unpaired) electrons. The summed E-state index contributed by atoms with van der Waals surface area (Å²) in [7, 11) is 0. The lowest BCUT2D eigenvalue weighted by Gasteiger charge is -2.06. The van der Waals surface area contributed by atoms with Crippen molar-refractivity contribution < 1.29 is 0 Å². The molecule has 0 bridgehead atoms. The first-order chi connectivity index (χ1) is 7.70. The average molecular weight is 236 g/mol. The highest BCUT2D eigenvalue weighted by Crippen LogP contribution is 2.20. The zero-order valence-corrected chi connectivity index (χ0v) is 9.91. The molecule has 1 aromatic carbocycles. The third kappa shape index (κ3) is 2.19. The summed E-state index contributed by atoms with van der Waals surface area (Å²) >= 11 is 5.88. The van der Waals surface area contributed by atoms with E-state index >= 15 is 0 Å². The number of rotatable bonds is 3. The summed E-state index contributed by atoms with van der Waals surface area (Å²) < 4.78 is 2.12. The van der Waals surface area contributed by atoms with E-state index in [4.69, 9.17) is 17.3 Å². The van der Waals surface area contributed by atoms with Crippen LogP contribution in [0.5, 0.6) is 0 Å². The number of nitrogens with two attached hydrogens (primary N) is 1. The second-order valence-electron chi connectivity index (χ2n) is 3.66. The highest BCUT2D eigenvalue weighted by molar-refractivity contribution is 6.33. The first kappa shape index (κ1) is 11.0. The quantitative estimate of drug-likeness (QED) is 0.832. The molecular formula is C12H14ClN3. The van der Waals surface area contributed by atoms with Crippen molar-refractivity contribution in [2.24, 2.45) is 0 Å². The molecule has 2 rings (SSSR count). The van der Waals surface area contributed by atoms with Crippen LogP contribution in [0.2, 0.25) is 5.02 Å². The number of nitrogens with zero attached hydrogens (tertiary/aromatic N) is 2. The monoisotopic (exact) mass is 235 g/mol. The first-order valence-electron chi connectivity index (χ1n) is 5.24. The summed E-state index contributed by atoms with van der Waals surface area (Å²) in [6, 6.07) is 5.70. The average Bonchev–Trinajstić information content (AvgIpc) is 2.71. The number of aromatic nitrogens is 2. The maximum Gasteiger partial charge on any atom is 0.113 e.